The highest BCUT2D eigenvalue weighted by atomic mass is 32.1. The predicted molar refractivity (Wildman–Crippen MR) is 71.3 cm³/mol. The Balaban J connectivity index is 2.33. The minimum absolute atomic E-state index is 1.04. The maximum Gasteiger partial charge on any atom is 0.0772 e. The maximum atomic E-state index is 4.71. The normalized spacial score (nSPS) is 11.2. The molecule has 3 rings (SSSR count). The van der Waals surface area contributed by atoms with Gasteiger partial charge < -0.3 is 0 Å². The second kappa shape index (κ2) is 3.67. The summed E-state index contributed by atoms with van der Waals surface area (Å²) in [5.41, 5.74) is 4.46. The third-order valence-electron chi connectivity index (χ3n) is 3.01. The summed E-state index contributed by atoms with van der Waals surface area (Å²) in [5, 5.41) is 7.64. The molecule has 4 heteroatoms. The Bertz CT molecular complexity index is 694. The second-order valence-electron chi connectivity index (χ2n) is 4.24. The Morgan fingerprint density at radius 3 is 2.82 bits per heavy atom. The SMILES string of the molecule is Cc1c(-c2cnn(C)c2)nc(C)c2sccc12. The van der Waals surface area contributed by atoms with E-state index in [-0.39, 0.29) is 0 Å². The lowest BCUT2D eigenvalue weighted by atomic mass is 10.1. The Kier molecular flexibility index (Phi) is 2.26. The minimum Gasteiger partial charge on any atom is -0.275 e. The van der Waals surface area contributed by atoms with E-state index in [4.69, 9.17) is 4.98 Å². The van der Waals surface area contributed by atoms with Gasteiger partial charge in [0.15, 0.2) is 0 Å². The molecule has 86 valence electrons. The van der Waals surface area contributed by atoms with Crippen molar-refractivity contribution in [2.45, 2.75) is 13.8 Å². The van der Waals surface area contributed by atoms with Crippen LogP contribution in [0.5, 0.6) is 0 Å². The summed E-state index contributed by atoms with van der Waals surface area (Å²) in [6.45, 7) is 4.20. The first kappa shape index (κ1) is 10.5. The Morgan fingerprint density at radius 1 is 1.29 bits per heavy atom. The standard InChI is InChI=1S/C13H13N3S/c1-8-11-4-5-17-13(11)9(2)15-12(8)10-6-14-16(3)7-10/h4-7H,1-3H3. The van der Waals surface area contributed by atoms with Crippen molar-refractivity contribution in [3.05, 3.63) is 35.1 Å². The molecule has 3 nitrogen and oxygen atoms in total. The van der Waals surface area contributed by atoms with Crippen LogP contribution in [0, 0.1) is 13.8 Å². The minimum atomic E-state index is 1.04. The Hall–Kier alpha value is -1.68. The molecule has 0 saturated carbocycles. The zero-order valence-electron chi connectivity index (χ0n) is 10.1. The molecule has 0 N–H and O–H groups in total. The van der Waals surface area contributed by atoms with Crippen LogP contribution in [0.4, 0.5) is 0 Å². The van der Waals surface area contributed by atoms with Gasteiger partial charge in [-0.2, -0.15) is 5.10 Å². The van der Waals surface area contributed by atoms with E-state index in [1.54, 1.807) is 11.3 Å². The third-order valence-corrected chi connectivity index (χ3v) is 4.03. The second-order valence-corrected chi connectivity index (χ2v) is 5.15. The summed E-state index contributed by atoms with van der Waals surface area (Å²) in [4.78, 5) is 4.71. The van der Waals surface area contributed by atoms with Crippen LogP contribution in [0.3, 0.4) is 0 Å². The van der Waals surface area contributed by atoms with Crippen molar-refractivity contribution >= 4 is 21.4 Å². The van der Waals surface area contributed by atoms with Crippen molar-refractivity contribution < 1.29 is 0 Å². The van der Waals surface area contributed by atoms with E-state index < -0.39 is 0 Å². The summed E-state index contributed by atoms with van der Waals surface area (Å²) in [6.07, 6.45) is 3.87. The molecule has 3 aromatic rings. The molecule has 0 aliphatic rings. The average molecular weight is 243 g/mol. The van der Waals surface area contributed by atoms with Crippen LogP contribution in [0.25, 0.3) is 21.3 Å². The van der Waals surface area contributed by atoms with Crippen LogP contribution in [0.15, 0.2) is 23.8 Å². The van der Waals surface area contributed by atoms with Gasteiger partial charge in [-0.05, 0) is 36.2 Å². The number of rotatable bonds is 1. The van der Waals surface area contributed by atoms with E-state index in [0.29, 0.717) is 0 Å². The van der Waals surface area contributed by atoms with E-state index in [1.165, 1.54) is 15.6 Å². The number of hydrogen-bond acceptors (Lipinski definition) is 3. The first-order chi connectivity index (χ1) is 8.16. The highest BCUT2D eigenvalue weighted by molar-refractivity contribution is 7.17. The van der Waals surface area contributed by atoms with Crippen LogP contribution < -0.4 is 0 Å². The van der Waals surface area contributed by atoms with Crippen LogP contribution in [-0.4, -0.2) is 14.8 Å². The molecule has 0 aliphatic carbocycles. The number of aryl methyl sites for hydroxylation is 3. The molecule has 0 unspecified atom stereocenters. The highest BCUT2D eigenvalue weighted by Crippen LogP contribution is 2.32. The van der Waals surface area contributed by atoms with Gasteiger partial charge in [0.05, 0.1) is 22.3 Å². The fourth-order valence-electron chi connectivity index (χ4n) is 2.14. The van der Waals surface area contributed by atoms with Gasteiger partial charge in [-0.1, -0.05) is 0 Å². The van der Waals surface area contributed by atoms with Gasteiger partial charge in [-0.15, -0.1) is 11.3 Å². The quantitative estimate of drug-likeness (QED) is 0.656. The fraction of sp³-hybridized carbons (Fsp3) is 0.231. The molecule has 0 fully saturated rings. The predicted octanol–water partition coefficient (Wildman–Crippen LogP) is 3.31. The average Bonchev–Trinajstić information content (AvgIpc) is 2.91. The number of hydrogen-bond donors (Lipinski definition) is 0. The topological polar surface area (TPSA) is 30.7 Å². The van der Waals surface area contributed by atoms with Crippen LogP contribution in [0.2, 0.25) is 0 Å². The molecule has 0 saturated heterocycles. The number of nitrogens with zero attached hydrogens (tertiary/aromatic N) is 3. The molecular formula is C13H13N3S. The van der Waals surface area contributed by atoms with Gasteiger partial charge in [0, 0.05) is 18.8 Å². The molecule has 17 heavy (non-hydrogen) atoms. The smallest absolute Gasteiger partial charge is 0.0772 e. The zero-order valence-corrected chi connectivity index (χ0v) is 10.9. The molecular weight excluding hydrogens is 230 g/mol. The van der Waals surface area contributed by atoms with Crippen molar-refractivity contribution in [2.75, 3.05) is 0 Å². The molecule has 3 heterocycles. The van der Waals surface area contributed by atoms with Crippen molar-refractivity contribution in [3.8, 4) is 11.3 Å². The van der Waals surface area contributed by atoms with Crippen LogP contribution in [0.1, 0.15) is 11.3 Å². The molecule has 0 atom stereocenters. The monoisotopic (exact) mass is 243 g/mol. The molecule has 0 amide bonds. The van der Waals surface area contributed by atoms with E-state index >= 15 is 0 Å². The lowest BCUT2D eigenvalue weighted by Crippen LogP contribution is -1.91. The van der Waals surface area contributed by atoms with Crippen molar-refractivity contribution in [3.63, 3.8) is 0 Å². The number of fused-ring (bicyclic) bond motifs is 1. The van der Waals surface area contributed by atoms with E-state index in [2.05, 4.69) is 30.4 Å². The first-order valence-electron chi connectivity index (χ1n) is 5.50. The van der Waals surface area contributed by atoms with Gasteiger partial charge in [-0.3, -0.25) is 9.67 Å². The summed E-state index contributed by atoms with van der Waals surface area (Å²) in [7, 11) is 1.93. The van der Waals surface area contributed by atoms with Gasteiger partial charge in [0.25, 0.3) is 0 Å². The molecule has 0 aliphatic heterocycles. The Morgan fingerprint density at radius 2 is 2.12 bits per heavy atom. The highest BCUT2D eigenvalue weighted by Gasteiger charge is 2.12. The van der Waals surface area contributed by atoms with Gasteiger partial charge >= 0.3 is 0 Å². The number of pyridine rings is 1. The molecule has 3 aromatic heterocycles. The van der Waals surface area contributed by atoms with Crippen LogP contribution >= 0.6 is 11.3 Å². The Labute approximate surface area is 104 Å². The lowest BCUT2D eigenvalue weighted by Gasteiger charge is -2.06. The molecule has 0 radical (unpaired) electrons. The number of thiophene rings is 1. The van der Waals surface area contributed by atoms with Crippen molar-refractivity contribution in [1.29, 1.82) is 0 Å². The molecule has 0 bridgehead atoms. The first-order valence-corrected chi connectivity index (χ1v) is 6.38. The van der Waals surface area contributed by atoms with Crippen molar-refractivity contribution in [1.82, 2.24) is 14.8 Å². The maximum absolute atomic E-state index is 4.71. The van der Waals surface area contributed by atoms with E-state index in [9.17, 15) is 0 Å². The van der Waals surface area contributed by atoms with Crippen LogP contribution in [-0.2, 0) is 7.05 Å². The summed E-state index contributed by atoms with van der Waals surface area (Å²) >= 11 is 1.75. The molecule has 0 spiro atoms. The largest absolute Gasteiger partial charge is 0.275 e. The van der Waals surface area contributed by atoms with Gasteiger partial charge in [0.1, 0.15) is 0 Å². The third kappa shape index (κ3) is 1.56. The lowest BCUT2D eigenvalue weighted by molar-refractivity contribution is 0.768. The number of aromatic nitrogens is 3. The van der Waals surface area contributed by atoms with Gasteiger partial charge in [-0.25, -0.2) is 0 Å². The van der Waals surface area contributed by atoms with Gasteiger partial charge in [0.2, 0.25) is 0 Å². The molecule has 0 aromatic carbocycles. The van der Waals surface area contributed by atoms with Crippen molar-refractivity contribution in [2.24, 2.45) is 7.05 Å². The fourth-order valence-corrected chi connectivity index (χ4v) is 3.04. The van der Waals surface area contributed by atoms with E-state index in [0.717, 1.165) is 17.0 Å². The van der Waals surface area contributed by atoms with E-state index in [1.807, 2.05) is 24.1 Å². The summed E-state index contributed by atoms with van der Waals surface area (Å²) in [6, 6.07) is 2.17. The zero-order chi connectivity index (χ0) is 12.0. The summed E-state index contributed by atoms with van der Waals surface area (Å²) < 4.78 is 3.10. The summed E-state index contributed by atoms with van der Waals surface area (Å²) in [5.74, 6) is 0.